The minimum Gasteiger partial charge on any atom is -0.503 e. The zero-order chi connectivity index (χ0) is 11.7. The van der Waals surface area contributed by atoms with Crippen molar-refractivity contribution in [1.29, 1.82) is 0 Å². The molecule has 1 N–H and O–H groups in total. The molecule has 5 heteroatoms. The molecule has 16 heavy (non-hydrogen) atoms. The van der Waals surface area contributed by atoms with Crippen LogP contribution in [0.2, 0.25) is 0 Å². The van der Waals surface area contributed by atoms with Gasteiger partial charge in [-0.3, -0.25) is 9.20 Å². The molecular formula is C11H11NO4. The van der Waals surface area contributed by atoms with E-state index < -0.39 is 0 Å². The number of aromatic hydroxyl groups is 1. The smallest absolute Gasteiger partial charge is 0.301 e. The molecule has 0 saturated heterocycles. The van der Waals surface area contributed by atoms with E-state index in [1.54, 1.807) is 24.4 Å². The van der Waals surface area contributed by atoms with Gasteiger partial charge in [-0.25, -0.2) is 0 Å². The van der Waals surface area contributed by atoms with Crippen LogP contribution in [0, 0.1) is 0 Å². The monoisotopic (exact) mass is 221 g/mol. The highest BCUT2D eigenvalue weighted by molar-refractivity contribution is 5.68. The van der Waals surface area contributed by atoms with Crippen LogP contribution in [0.4, 0.5) is 0 Å². The van der Waals surface area contributed by atoms with Gasteiger partial charge in [-0.05, 0) is 12.1 Å². The lowest BCUT2D eigenvalue weighted by Gasteiger charge is -2.11. The fourth-order valence-corrected chi connectivity index (χ4v) is 1.61. The molecule has 0 spiro atoms. The van der Waals surface area contributed by atoms with Crippen LogP contribution in [0.25, 0.3) is 5.52 Å². The molecule has 0 fully saturated rings. The van der Waals surface area contributed by atoms with Crippen molar-refractivity contribution < 1.29 is 14.6 Å². The number of hydrogen-bond donors (Lipinski definition) is 1. The van der Waals surface area contributed by atoms with Crippen LogP contribution < -0.4 is 15.0 Å². The predicted octanol–water partition coefficient (Wildman–Crippen LogP) is 1.02. The Morgan fingerprint density at radius 2 is 1.88 bits per heavy atom. The topological polar surface area (TPSA) is 60.2 Å². The highest BCUT2D eigenvalue weighted by Gasteiger charge is 2.18. The van der Waals surface area contributed by atoms with Crippen LogP contribution in [0.3, 0.4) is 0 Å². The summed E-state index contributed by atoms with van der Waals surface area (Å²) in [4.78, 5) is 11.9. The van der Waals surface area contributed by atoms with E-state index in [9.17, 15) is 9.90 Å². The maximum absolute atomic E-state index is 11.9. The number of aromatic nitrogens is 1. The summed E-state index contributed by atoms with van der Waals surface area (Å²) in [5, 5.41) is 9.92. The van der Waals surface area contributed by atoms with Crippen LogP contribution in [-0.2, 0) is 0 Å². The van der Waals surface area contributed by atoms with Crippen molar-refractivity contribution in [1.82, 2.24) is 4.40 Å². The summed E-state index contributed by atoms with van der Waals surface area (Å²) in [7, 11) is 2.73. The second-order valence-corrected chi connectivity index (χ2v) is 3.18. The third kappa shape index (κ3) is 1.29. The first-order chi connectivity index (χ1) is 7.70. The van der Waals surface area contributed by atoms with Crippen LogP contribution in [0.1, 0.15) is 0 Å². The minimum atomic E-state index is -0.368. The van der Waals surface area contributed by atoms with Gasteiger partial charge in [0.2, 0.25) is 11.5 Å². The molecule has 0 saturated carbocycles. The number of rotatable bonds is 2. The van der Waals surface area contributed by atoms with Gasteiger partial charge in [0, 0.05) is 6.20 Å². The molecule has 2 heterocycles. The van der Waals surface area contributed by atoms with Crippen LogP contribution in [-0.4, -0.2) is 23.7 Å². The molecule has 0 aliphatic rings. The van der Waals surface area contributed by atoms with Gasteiger partial charge >= 0.3 is 5.56 Å². The highest BCUT2D eigenvalue weighted by Crippen LogP contribution is 2.36. The standard InChI is InChI=1S/C11H11NO4/c1-15-9-8(13)7-5-3-4-6-12(7)11(14)10(9)16-2/h3-6,13H,1-2H3. The lowest BCUT2D eigenvalue weighted by Crippen LogP contribution is -2.16. The molecule has 84 valence electrons. The average Bonchev–Trinajstić information content (AvgIpc) is 2.33. The van der Waals surface area contributed by atoms with Crippen LogP contribution in [0.5, 0.6) is 17.2 Å². The molecule has 0 atom stereocenters. The Labute approximate surface area is 91.5 Å². The molecule has 0 aromatic carbocycles. The third-order valence-corrected chi connectivity index (χ3v) is 2.35. The Bertz CT molecular complexity index is 588. The maximum Gasteiger partial charge on any atom is 0.301 e. The molecule has 0 aliphatic carbocycles. The number of hydrogen-bond acceptors (Lipinski definition) is 4. The number of pyridine rings is 2. The Morgan fingerprint density at radius 3 is 2.50 bits per heavy atom. The average molecular weight is 221 g/mol. The second kappa shape index (κ2) is 3.77. The van der Waals surface area contributed by atoms with Gasteiger partial charge < -0.3 is 14.6 Å². The highest BCUT2D eigenvalue weighted by atomic mass is 16.5. The fourth-order valence-electron chi connectivity index (χ4n) is 1.61. The van der Waals surface area contributed by atoms with Crippen LogP contribution in [0.15, 0.2) is 29.2 Å². The maximum atomic E-state index is 11.9. The molecular weight excluding hydrogens is 210 g/mol. The first kappa shape index (κ1) is 10.4. The number of nitrogens with zero attached hydrogens (tertiary/aromatic N) is 1. The fraction of sp³-hybridized carbons (Fsp3) is 0.182. The lowest BCUT2D eigenvalue weighted by molar-refractivity contribution is 0.329. The van der Waals surface area contributed by atoms with Crippen molar-refractivity contribution >= 4 is 5.52 Å². The summed E-state index contributed by atoms with van der Waals surface area (Å²) in [6, 6.07) is 5.04. The number of fused-ring (bicyclic) bond motifs is 1. The van der Waals surface area contributed by atoms with Crippen molar-refractivity contribution in [2.24, 2.45) is 0 Å². The zero-order valence-electron chi connectivity index (χ0n) is 8.93. The first-order valence-electron chi connectivity index (χ1n) is 4.65. The number of methoxy groups -OCH3 is 2. The molecule has 0 unspecified atom stereocenters. The summed E-state index contributed by atoms with van der Waals surface area (Å²) in [5.74, 6) is -0.0676. The molecule has 2 aromatic rings. The predicted molar refractivity (Wildman–Crippen MR) is 58.4 cm³/mol. The van der Waals surface area contributed by atoms with Gasteiger partial charge in [0.15, 0.2) is 5.75 Å². The van der Waals surface area contributed by atoms with E-state index in [4.69, 9.17) is 9.47 Å². The van der Waals surface area contributed by atoms with Crippen molar-refractivity contribution in [3.05, 3.63) is 34.7 Å². The van der Waals surface area contributed by atoms with E-state index in [-0.39, 0.29) is 22.8 Å². The van der Waals surface area contributed by atoms with E-state index in [1.807, 2.05) is 0 Å². The lowest BCUT2D eigenvalue weighted by atomic mass is 10.3. The summed E-state index contributed by atoms with van der Waals surface area (Å²) >= 11 is 0. The van der Waals surface area contributed by atoms with Gasteiger partial charge in [-0.2, -0.15) is 0 Å². The van der Waals surface area contributed by atoms with E-state index in [0.717, 1.165) is 0 Å². The Balaban J connectivity index is 2.99. The summed E-state index contributed by atoms with van der Waals surface area (Å²) in [5.41, 5.74) is 0.0119. The normalized spacial score (nSPS) is 10.4. The summed E-state index contributed by atoms with van der Waals surface area (Å²) < 4.78 is 11.2. The van der Waals surface area contributed by atoms with Crippen molar-refractivity contribution in [3.8, 4) is 17.2 Å². The van der Waals surface area contributed by atoms with Gasteiger partial charge in [-0.1, -0.05) is 6.07 Å². The van der Waals surface area contributed by atoms with E-state index in [0.29, 0.717) is 5.52 Å². The van der Waals surface area contributed by atoms with Crippen LogP contribution >= 0.6 is 0 Å². The zero-order valence-corrected chi connectivity index (χ0v) is 8.93. The SMILES string of the molecule is COc1c(OC)c(=O)n2ccccc2c1O. The van der Waals surface area contributed by atoms with Gasteiger partial charge in [0.1, 0.15) is 0 Å². The molecule has 2 aromatic heterocycles. The van der Waals surface area contributed by atoms with Gasteiger partial charge in [0.25, 0.3) is 0 Å². The molecule has 0 radical (unpaired) electrons. The van der Waals surface area contributed by atoms with Crippen molar-refractivity contribution in [2.45, 2.75) is 0 Å². The quantitative estimate of drug-likeness (QED) is 0.822. The summed E-state index contributed by atoms with van der Waals surface area (Å²) in [6.07, 6.45) is 1.55. The largest absolute Gasteiger partial charge is 0.503 e. The first-order valence-corrected chi connectivity index (χ1v) is 4.65. The molecule has 5 nitrogen and oxygen atoms in total. The molecule has 2 rings (SSSR count). The Morgan fingerprint density at radius 1 is 1.19 bits per heavy atom. The van der Waals surface area contributed by atoms with Gasteiger partial charge in [-0.15, -0.1) is 0 Å². The van der Waals surface area contributed by atoms with E-state index in [1.165, 1.54) is 18.6 Å². The Kier molecular flexibility index (Phi) is 2.44. The molecule has 0 amide bonds. The van der Waals surface area contributed by atoms with E-state index >= 15 is 0 Å². The second-order valence-electron chi connectivity index (χ2n) is 3.18. The van der Waals surface area contributed by atoms with Gasteiger partial charge in [0.05, 0.1) is 19.7 Å². The van der Waals surface area contributed by atoms with E-state index in [2.05, 4.69) is 0 Å². The molecule has 0 bridgehead atoms. The third-order valence-electron chi connectivity index (χ3n) is 2.35. The van der Waals surface area contributed by atoms with Crippen molar-refractivity contribution in [2.75, 3.05) is 14.2 Å². The number of ether oxygens (including phenoxy) is 2. The van der Waals surface area contributed by atoms with Crippen molar-refractivity contribution in [3.63, 3.8) is 0 Å². The summed E-state index contributed by atoms with van der Waals surface area (Å²) in [6.45, 7) is 0. The molecule has 0 aliphatic heterocycles. The minimum absolute atomic E-state index is 0.0105. The Hall–Kier alpha value is -2.17.